The third-order valence-electron chi connectivity index (χ3n) is 4.05. The first-order valence-electron chi connectivity index (χ1n) is 9.20. The van der Waals surface area contributed by atoms with Crippen molar-refractivity contribution in [3.63, 3.8) is 0 Å². The van der Waals surface area contributed by atoms with Gasteiger partial charge in [-0.3, -0.25) is 4.79 Å². The van der Waals surface area contributed by atoms with Crippen LogP contribution in [0.25, 0.3) is 11.3 Å². The zero-order valence-corrected chi connectivity index (χ0v) is 16.1. The van der Waals surface area contributed by atoms with Crippen LogP contribution < -0.4 is 10.2 Å². The van der Waals surface area contributed by atoms with Crippen LogP contribution >= 0.6 is 0 Å². The molecule has 0 bridgehead atoms. The van der Waals surface area contributed by atoms with Crippen LogP contribution in [-0.2, 0) is 6.18 Å². The normalized spacial score (nSPS) is 11.6. The number of hydrazone groups is 1. The van der Waals surface area contributed by atoms with Gasteiger partial charge in [0, 0.05) is 11.1 Å². The molecule has 0 radical (unpaired) electrons. The average Bonchev–Trinajstić information content (AvgIpc) is 3.21. The molecule has 0 spiro atoms. The fourth-order valence-corrected chi connectivity index (χ4v) is 2.57. The molecule has 0 atom stereocenters. The second-order valence-corrected chi connectivity index (χ2v) is 6.35. The number of hydrogen-bond acceptors (Lipinski definition) is 4. The molecule has 8 heteroatoms. The highest BCUT2D eigenvalue weighted by molar-refractivity contribution is 5.94. The van der Waals surface area contributed by atoms with Crippen LogP contribution in [0.4, 0.5) is 13.2 Å². The van der Waals surface area contributed by atoms with Gasteiger partial charge < -0.3 is 9.15 Å². The Hall–Kier alpha value is -3.55. The van der Waals surface area contributed by atoms with E-state index in [1.165, 1.54) is 24.4 Å². The summed E-state index contributed by atoms with van der Waals surface area (Å²) in [6.07, 6.45) is -2.27. The summed E-state index contributed by atoms with van der Waals surface area (Å²) in [6.45, 7) is 2.60. The summed E-state index contributed by atoms with van der Waals surface area (Å²) in [5.41, 5.74) is 2.30. The lowest BCUT2D eigenvalue weighted by atomic mass is 10.1. The summed E-state index contributed by atoms with van der Waals surface area (Å²) in [7, 11) is 0. The molecule has 1 aromatic heterocycles. The first kappa shape index (κ1) is 21.2. The Kier molecular flexibility index (Phi) is 6.56. The SMILES string of the molecule is CCCOc1ccc(C(=O)N/N=C/c2ccc(-c3cccc(C(F)(F)F)c3)o2)cc1. The van der Waals surface area contributed by atoms with E-state index in [0.717, 1.165) is 18.6 Å². The molecule has 3 rings (SSSR count). The fraction of sp³-hybridized carbons (Fsp3) is 0.182. The molecule has 1 heterocycles. The minimum Gasteiger partial charge on any atom is -0.494 e. The van der Waals surface area contributed by atoms with Gasteiger partial charge in [-0.25, -0.2) is 5.43 Å². The molecule has 0 saturated heterocycles. The number of hydrogen-bond donors (Lipinski definition) is 1. The Morgan fingerprint density at radius 2 is 1.90 bits per heavy atom. The van der Waals surface area contributed by atoms with Crippen LogP contribution in [0, 0.1) is 0 Å². The molecule has 1 amide bonds. The maximum atomic E-state index is 12.8. The van der Waals surface area contributed by atoms with Crippen LogP contribution in [-0.4, -0.2) is 18.7 Å². The topological polar surface area (TPSA) is 63.8 Å². The maximum Gasteiger partial charge on any atom is 0.416 e. The molecule has 0 saturated carbocycles. The lowest BCUT2D eigenvalue weighted by Crippen LogP contribution is -2.17. The second-order valence-electron chi connectivity index (χ2n) is 6.35. The van der Waals surface area contributed by atoms with Crippen molar-refractivity contribution in [1.82, 2.24) is 5.43 Å². The molecule has 2 aromatic carbocycles. The van der Waals surface area contributed by atoms with Crippen molar-refractivity contribution in [1.29, 1.82) is 0 Å². The number of nitrogens with zero attached hydrogens (tertiary/aromatic N) is 1. The van der Waals surface area contributed by atoms with E-state index in [2.05, 4.69) is 10.5 Å². The van der Waals surface area contributed by atoms with E-state index in [1.54, 1.807) is 30.3 Å². The summed E-state index contributed by atoms with van der Waals surface area (Å²) >= 11 is 0. The Labute approximate surface area is 171 Å². The van der Waals surface area contributed by atoms with E-state index < -0.39 is 17.6 Å². The first-order valence-corrected chi connectivity index (χ1v) is 9.20. The molecular weight excluding hydrogens is 397 g/mol. The third-order valence-corrected chi connectivity index (χ3v) is 4.05. The van der Waals surface area contributed by atoms with Gasteiger partial charge >= 0.3 is 6.18 Å². The van der Waals surface area contributed by atoms with Crippen molar-refractivity contribution in [3.05, 3.63) is 77.6 Å². The molecule has 0 aliphatic heterocycles. The van der Waals surface area contributed by atoms with Crippen molar-refractivity contribution in [2.45, 2.75) is 19.5 Å². The number of carbonyl (C=O) groups is 1. The number of ether oxygens (including phenoxy) is 1. The Morgan fingerprint density at radius 1 is 1.13 bits per heavy atom. The van der Waals surface area contributed by atoms with E-state index in [-0.39, 0.29) is 11.5 Å². The standard InChI is InChI=1S/C22H19F3N2O3/c1-2-12-29-18-8-6-15(7-9-18)21(28)27-26-14-19-10-11-20(30-19)16-4-3-5-17(13-16)22(23,24)25/h3-11,13-14H,2,12H2,1H3,(H,27,28)/b26-14+. The van der Waals surface area contributed by atoms with Gasteiger partial charge in [0.15, 0.2) is 0 Å². The predicted molar refractivity (Wildman–Crippen MR) is 106 cm³/mol. The lowest BCUT2D eigenvalue weighted by Gasteiger charge is -2.07. The van der Waals surface area contributed by atoms with Crippen molar-refractivity contribution < 1.29 is 27.1 Å². The number of nitrogens with one attached hydrogen (secondary N) is 1. The summed E-state index contributed by atoms with van der Waals surface area (Å²) in [5.74, 6) is 0.801. The minimum absolute atomic E-state index is 0.261. The molecular formula is C22H19F3N2O3. The fourth-order valence-electron chi connectivity index (χ4n) is 2.57. The van der Waals surface area contributed by atoms with Crippen LogP contribution in [0.3, 0.4) is 0 Å². The lowest BCUT2D eigenvalue weighted by molar-refractivity contribution is -0.137. The van der Waals surface area contributed by atoms with Gasteiger partial charge in [0.05, 0.1) is 18.4 Å². The highest BCUT2D eigenvalue weighted by Crippen LogP contribution is 2.32. The smallest absolute Gasteiger partial charge is 0.416 e. The number of halogens is 3. The first-order chi connectivity index (χ1) is 14.4. The van der Waals surface area contributed by atoms with E-state index in [4.69, 9.17) is 9.15 Å². The van der Waals surface area contributed by atoms with Crippen LogP contribution in [0.15, 0.2) is 70.2 Å². The number of furan rings is 1. The number of rotatable bonds is 7. The number of amides is 1. The van der Waals surface area contributed by atoms with Gasteiger partial charge in [-0.2, -0.15) is 18.3 Å². The van der Waals surface area contributed by atoms with Gasteiger partial charge in [0.25, 0.3) is 5.91 Å². The number of benzene rings is 2. The molecule has 3 aromatic rings. The Morgan fingerprint density at radius 3 is 2.60 bits per heavy atom. The van der Waals surface area contributed by atoms with Crippen molar-refractivity contribution in [2.75, 3.05) is 6.61 Å². The highest BCUT2D eigenvalue weighted by Gasteiger charge is 2.30. The average molecular weight is 416 g/mol. The highest BCUT2D eigenvalue weighted by atomic mass is 19.4. The van der Waals surface area contributed by atoms with Gasteiger partial charge in [-0.1, -0.05) is 19.1 Å². The van der Waals surface area contributed by atoms with Crippen LogP contribution in [0.2, 0.25) is 0 Å². The molecule has 0 aliphatic carbocycles. The summed E-state index contributed by atoms with van der Waals surface area (Å²) in [5, 5.41) is 3.82. The second kappa shape index (κ2) is 9.30. The molecule has 0 unspecified atom stereocenters. The molecule has 30 heavy (non-hydrogen) atoms. The zero-order valence-electron chi connectivity index (χ0n) is 16.1. The van der Waals surface area contributed by atoms with E-state index in [0.29, 0.717) is 23.5 Å². The largest absolute Gasteiger partial charge is 0.494 e. The Bertz CT molecular complexity index is 1020. The summed E-state index contributed by atoms with van der Waals surface area (Å²) in [6, 6.07) is 14.5. The van der Waals surface area contributed by atoms with Gasteiger partial charge in [0.2, 0.25) is 0 Å². The van der Waals surface area contributed by atoms with E-state index >= 15 is 0 Å². The predicted octanol–water partition coefficient (Wildman–Crippen LogP) is 5.52. The maximum absolute atomic E-state index is 12.8. The molecule has 0 fully saturated rings. The minimum atomic E-state index is -4.43. The van der Waals surface area contributed by atoms with Crippen molar-refractivity contribution in [3.8, 4) is 17.1 Å². The van der Waals surface area contributed by atoms with Crippen molar-refractivity contribution >= 4 is 12.1 Å². The zero-order chi connectivity index (χ0) is 21.6. The number of carbonyl (C=O) groups excluding carboxylic acids is 1. The summed E-state index contributed by atoms with van der Waals surface area (Å²) < 4.78 is 49.5. The van der Waals surface area contributed by atoms with Crippen LogP contribution in [0.1, 0.15) is 35.0 Å². The molecule has 156 valence electrons. The molecule has 0 aliphatic rings. The van der Waals surface area contributed by atoms with Gasteiger partial charge in [-0.15, -0.1) is 0 Å². The van der Waals surface area contributed by atoms with Gasteiger partial charge in [0.1, 0.15) is 17.3 Å². The monoisotopic (exact) mass is 416 g/mol. The van der Waals surface area contributed by atoms with Crippen molar-refractivity contribution in [2.24, 2.45) is 5.10 Å². The molecule has 1 N–H and O–H groups in total. The van der Waals surface area contributed by atoms with E-state index in [1.807, 2.05) is 6.92 Å². The Balaban J connectivity index is 1.61. The quantitative estimate of drug-likeness (QED) is 0.408. The molecule has 5 nitrogen and oxygen atoms in total. The summed E-state index contributed by atoms with van der Waals surface area (Å²) in [4.78, 5) is 12.1. The van der Waals surface area contributed by atoms with Crippen LogP contribution in [0.5, 0.6) is 5.75 Å². The third kappa shape index (κ3) is 5.50. The number of alkyl halides is 3. The van der Waals surface area contributed by atoms with E-state index in [9.17, 15) is 18.0 Å². The van der Waals surface area contributed by atoms with Gasteiger partial charge in [-0.05, 0) is 55.0 Å².